The maximum atomic E-state index is 5.88. The predicted molar refractivity (Wildman–Crippen MR) is 67.7 cm³/mol. The lowest BCUT2D eigenvalue weighted by Gasteiger charge is -2.09. The molecule has 0 aliphatic carbocycles. The summed E-state index contributed by atoms with van der Waals surface area (Å²) in [6.45, 7) is 6.31. The highest BCUT2D eigenvalue weighted by Crippen LogP contribution is 2.20. The summed E-state index contributed by atoms with van der Waals surface area (Å²) in [6, 6.07) is 0. The zero-order valence-corrected chi connectivity index (χ0v) is 11.2. The molecule has 6 nitrogen and oxygen atoms in total. The van der Waals surface area contributed by atoms with Crippen LogP contribution in [0.25, 0.3) is 0 Å². The lowest BCUT2D eigenvalue weighted by Crippen LogP contribution is -2.09. The van der Waals surface area contributed by atoms with E-state index in [0.717, 1.165) is 16.9 Å². The maximum Gasteiger partial charge on any atom is 0.228 e. The van der Waals surface area contributed by atoms with Crippen molar-refractivity contribution >= 4 is 17.4 Å². The highest BCUT2D eigenvalue weighted by Gasteiger charge is 2.08. The second kappa shape index (κ2) is 5.30. The van der Waals surface area contributed by atoms with Crippen molar-refractivity contribution in [2.45, 2.75) is 27.2 Å². The van der Waals surface area contributed by atoms with E-state index in [4.69, 9.17) is 16.1 Å². The van der Waals surface area contributed by atoms with Gasteiger partial charge in [-0.1, -0.05) is 16.8 Å². The minimum absolute atomic E-state index is 0.436. The van der Waals surface area contributed by atoms with Gasteiger partial charge in [-0.15, -0.1) is 10.2 Å². The largest absolute Gasteiger partial charge is 0.368 e. The Morgan fingerprint density at radius 1 is 1.17 bits per heavy atom. The number of hydrogen-bond donors (Lipinski definition) is 1. The second-order valence-corrected chi connectivity index (χ2v) is 4.36. The lowest BCUT2D eigenvalue weighted by molar-refractivity contribution is 0.377. The molecule has 0 unspecified atom stereocenters. The van der Waals surface area contributed by atoms with Gasteiger partial charge in [-0.3, -0.25) is 0 Å². The number of nitrogens with one attached hydrogen (secondary N) is 1. The number of hydrogen-bond acceptors (Lipinski definition) is 6. The van der Waals surface area contributed by atoms with Gasteiger partial charge in [0.25, 0.3) is 0 Å². The Bertz CT molecular complexity index is 554. The Labute approximate surface area is 110 Å². The predicted octanol–water partition coefficient (Wildman–Crippen LogP) is 2.09. The van der Waals surface area contributed by atoms with E-state index in [1.165, 1.54) is 0 Å². The molecule has 0 saturated heterocycles. The van der Waals surface area contributed by atoms with Crippen LogP contribution in [-0.4, -0.2) is 26.9 Å². The average molecular weight is 268 g/mol. The monoisotopic (exact) mass is 267 g/mol. The summed E-state index contributed by atoms with van der Waals surface area (Å²) in [5, 5.41) is 15.2. The molecule has 0 aliphatic heterocycles. The first kappa shape index (κ1) is 12.8. The van der Waals surface area contributed by atoms with Gasteiger partial charge in [0.05, 0.1) is 0 Å². The summed E-state index contributed by atoms with van der Waals surface area (Å²) in [7, 11) is 0. The number of nitrogens with zero attached hydrogens (tertiary/aromatic N) is 4. The van der Waals surface area contributed by atoms with Gasteiger partial charge in [0.1, 0.15) is 0 Å². The van der Waals surface area contributed by atoms with Crippen molar-refractivity contribution < 1.29 is 4.52 Å². The Hall–Kier alpha value is -1.69. The molecule has 7 heteroatoms. The van der Waals surface area contributed by atoms with Crippen LogP contribution in [0.5, 0.6) is 0 Å². The van der Waals surface area contributed by atoms with Gasteiger partial charge in [0.15, 0.2) is 16.8 Å². The molecule has 0 bridgehead atoms. The highest BCUT2D eigenvalue weighted by molar-refractivity contribution is 6.30. The molecule has 0 atom stereocenters. The molecule has 2 aromatic heterocycles. The molecule has 1 N–H and O–H groups in total. The van der Waals surface area contributed by atoms with E-state index in [1.54, 1.807) is 6.92 Å². The van der Waals surface area contributed by atoms with Crippen molar-refractivity contribution in [2.24, 2.45) is 0 Å². The standard InChI is InChI=1S/C11H14ClN5O/c1-6-7(2)11(16-15-10(6)12)13-5-4-9-14-8(3)17-18-9/h4-5H2,1-3H3,(H,13,16). The summed E-state index contributed by atoms with van der Waals surface area (Å²) in [5.41, 5.74) is 1.93. The van der Waals surface area contributed by atoms with Gasteiger partial charge in [-0.05, 0) is 31.9 Å². The van der Waals surface area contributed by atoms with Crippen molar-refractivity contribution in [2.75, 3.05) is 11.9 Å². The van der Waals surface area contributed by atoms with Gasteiger partial charge in [-0.25, -0.2) is 0 Å². The smallest absolute Gasteiger partial charge is 0.228 e. The van der Waals surface area contributed by atoms with Crippen LogP contribution in [0.15, 0.2) is 4.52 Å². The van der Waals surface area contributed by atoms with Crippen LogP contribution >= 0.6 is 11.6 Å². The van der Waals surface area contributed by atoms with Crippen LogP contribution in [0.3, 0.4) is 0 Å². The third kappa shape index (κ3) is 2.76. The molecule has 2 aromatic rings. The van der Waals surface area contributed by atoms with E-state index in [9.17, 15) is 0 Å². The van der Waals surface area contributed by atoms with Crippen LogP contribution in [0.1, 0.15) is 22.8 Å². The van der Waals surface area contributed by atoms with Crippen LogP contribution in [0.2, 0.25) is 5.15 Å². The van der Waals surface area contributed by atoms with Crippen LogP contribution in [0.4, 0.5) is 5.82 Å². The molecule has 0 saturated carbocycles. The van der Waals surface area contributed by atoms with E-state index in [2.05, 4.69) is 25.7 Å². The second-order valence-electron chi connectivity index (χ2n) is 4.00. The maximum absolute atomic E-state index is 5.88. The summed E-state index contributed by atoms with van der Waals surface area (Å²) >= 11 is 5.88. The summed E-state index contributed by atoms with van der Waals surface area (Å²) in [6.07, 6.45) is 0.642. The van der Waals surface area contributed by atoms with Crippen LogP contribution in [-0.2, 0) is 6.42 Å². The molecule has 0 fully saturated rings. The molecular formula is C11H14ClN5O. The molecule has 0 spiro atoms. The van der Waals surface area contributed by atoms with Gasteiger partial charge in [0.2, 0.25) is 5.89 Å². The number of aryl methyl sites for hydroxylation is 1. The summed E-state index contributed by atoms with van der Waals surface area (Å²) < 4.78 is 5.02. The zero-order chi connectivity index (χ0) is 13.1. The van der Waals surface area contributed by atoms with Gasteiger partial charge in [-0.2, -0.15) is 4.98 Å². The number of rotatable bonds is 4. The fourth-order valence-corrected chi connectivity index (χ4v) is 1.65. The van der Waals surface area contributed by atoms with Crippen LogP contribution < -0.4 is 5.32 Å². The van der Waals surface area contributed by atoms with Crippen molar-refractivity contribution in [1.29, 1.82) is 0 Å². The van der Waals surface area contributed by atoms with Gasteiger partial charge in [0, 0.05) is 13.0 Å². The third-order valence-corrected chi connectivity index (χ3v) is 3.02. The van der Waals surface area contributed by atoms with Crippen molar-refractivity contribution in [1.82, 2.24) is 20.3 Å². The number of anilines is 1. The first-order valence-corrected chi connectivity index (χ1v) is 5.98. The van der Waals surface area contributed by atoms with Crippen molar-refractivity contribution in [3.63, 3.8) is 0 Å². The highest BCUT2D eigenvalue weighted by atomic mass is 35.5. The zero-order valence-electron chi connectivity index (χ0n) is 10.5. The van der Waals surface area contributed by atoms with E-state index in [1.807, 2.05) is 13.8 Å². The van der Waals surface area contributed by atoms with Crippen LogP contribution in [0, 0.1) is 20.8 Å². The topological polar surface area (TPSA) is 76.7 Å². The first-order valence-electron chi connectivity index (χ1n) is 5.60. The Kier molecular flexibility index (Phi) is 3.76. The molecule has 2 rings (SSSR count). The van der Waals surface area contributed by atoms with E-state index in [0.29, 0.717) is 29.8 Å². The quantitative estimate of drug-likeness (QED) is 0.914. The minimum atomic E-state index is 0.436. The lowest BCUT2D eigenvalue weighted by atomic mass is 10.2. The molecule has 0 radical (unpaired) electrons. The Morgan fingerprint density at radius 2 is 1.94 bits per heavy atom. The Morgan fingerprint density at radius 3 is 2.61 bits per heavy atom. The minimum Gasteiger partial charge on any atom is -0.368 e. The molecule has 0 aliphatic rings. The third-order valence-electron chi connectivity index (χ3n) is 2.67. The molecule has 96 valence electrons. The first-order chi connectivity index (χ1) is 8.58. The van der Waals surface area contributed by atoms with E-state index < -0.39 is 0 Å². The molecule has 0 amide bonds. The fourth-order valence-electron chi connectivity index (χ4n) is 1.47. The van der Waals surface area contributed by atoms with Gasteiger partial charge < -0.3 is 9.84 Å². The number of halogens is 1. The fraction of sp³-hybridized carbons (Fsp3) is 0.455. The molecular weight excluding hydrogens is 254 g/mol. The van der Waals surface area contributed by atoms with Crippen molar-refractivity contribution in [3.8, 4) is 0 Å². The molecule has 0 aromatic carbocycles. The summed E-state index contributed by atoms with van der Waals surface area (Å²) in [5.74, 6) is 1.98. The van der Waals surface area contributed by atoms with Gasteiger partial charge >= 0.3 is 0 Å². The molecule has 18 heavy (non-hydrogen) atoms. The van der Waals surface area contributed by atoms with E-state index >= 15 is 0 Å². The van der Waals surface area contributed by atoms with E-state index in [-0.39, 0.29) is 0 Å². The summed E-state index contributed by atoms with van der Waals surface area (Å²) in [4.78, 5) is 4.12. The normalized spacial score (nSPS) is 10.7. The number of aromatic nitrogens is 4. The molecule has 2 heterocycles. The Balaban J connectivity index is 1.96. The average Bonchev–Trinajstić information content (AvgIpc) is 2.75. The van der Waals surface area contributed by atoms with Crippen molar-refractivity contribution in [3.05, 3.63) is 28.0 Å². The SMILES string of the molecule is Cc1noc(CCNc2nnc(Cl)c(C)c2C)n1.